The number of alkyl carbamates (subject to hydrolysis) is 1. The molecule has 2 aromatic carbocycles. The molecule has 186 valence electrons. The van der Waals surface area contributed by atoms with Gasteiger partial charge in [0, 0.05) is 25.0 Å². The van der Waals surface area contributed by atoms with E-state index < -0.39 is 30.3 Å². The highest BCUT2D eigenvalue weighted by Gasteiger charge is 2.35. The predicted molar refractivity (Wildman–Crippen MR) is 130 cm³/mol. The molecule has 35 heavy (non-hydrogen) atoms. The standard InChI is InChI=1S/C27H32N2O6/c1-2-3-8-17(15-24(30)29-23-13-14-34-25(23)26(31)32)28-27(33)35-16-22-20-11-6-4-9-18(20)19-10-5-7-12-21(19)22/h4-7,9-12,17,22-23,25H,2-3,8,13-16H2,1H3,(H,28,33)(H,29,30)(H,31,32)/t17-,23+,25-/m0/s1. The minimum atomic E-state index is -1.09. The Bertz CT molecular complexity index is 1030. The first-order valence-electron chi connectivity index (χ1n) is 12.2. The van der Waals surface area contributed by atoms with E-state index in [9.17, 15) is 19.5 Å². The number of rotatable bonds is 10. The maximum atomic E-state index is 12.7. The van der Waals surface area contributed by atoms with Crippen molar-refractivity contribution in [1.29, 1.82) is 0 Å². The molecule has 1 aliphatic carbocycles. The third kappa shape index (κ3) is 5.82. The lowest BCUT2D eigenvalue weighted by atomic mass is 9.98. The Hall–Kier alpha value is -3.39. The summed E-state index contributed by atoms with van der Waals surface area (Å²) >= 11 is 0. The van der Waals surface area contributed by atoms with E-state index in [4.69, 9.17) is 9.47 Å². The molecule has 1 aliphatic heterocycles. The molecule has 2 aliphatic rings. The second kappa shape index (κ2) is 11.4. The van der Waals surface area contributed by atoms with Crippen LogP contribution >= 0.6 is 0 Å². The Kier molecular flexibility index (Phi) is 8.02. The molecule has 2 aromatic rings. The quantitative estimate of drug-likeness (QED) is 0.476. The van der Waals surface area contributed by atoms with Gasteiger partial charge >= 0.3 is 12.1 Å². The zero-order chi connectivity index (χ0) is 24.8. The molecule has 0 aromatic heterocycles. The Morgan fingerprint density at radius 3 is 2.37 bits per heavy atom. The molecule has 2 amide bonds. The molecule has 3 atom stereocenters. The van der Waals surface area contributed by atoms with Crippen molar-refractivity contribution in [1.82, 2.24) is 10.6 Å². The highest BCUT2D eigenvalue weighted by Crippen LogP contribution is 2.44. The zero-order valence-electron chi connectivity index (χ0n) is 19.9. The van der Waals surface area contributed by atoms with Crippen LogP contribution in [0.2, 0.25) is 0 Å². The number of amides is 2. The fourth-order valence-corrected chi connectivity index (χ4v) is 4.95. The fourth-order valence-electron chi connectivity index (χ4n) is 4.95. The number of unbranched alkanes of at least 4 members (excludes halogenated alkanes) is 1. The fraction of sp³-hybridized carbons (Fsp3) is 0.444. The summed E-state index contributed by atoms with van der Waals surface area (Å²) in [6.45, 7) is 2.53. The number of carbonyl (C=O) groups excluding carboxylic acids is 2. The molecule has 1 heterocycles. The van der Waals surface area contributed by atoms with Crippen LogP contribution < -0.4 is 10.6 Å². The maximum Gasteiger partial charge on any atom is 0.407 e. The summed E-state index contributed by atoms with van der Waals surface area (Å²) in [7, 11) is 0. The maximum absolute atomic E-state index is 12.7. The summed E-state index contributed by atoms with van der Waals surface area (Å²) in [6, 6.07) is 15.3. The van der Waals surface area contributed by atoms with E-state index in [0.717, 1.165) is 35.1 Å². The van der Waals surface area contributed by atoms with E-state index in [1.807, 2.05) is 31.2 Å². The largest absolute Gasteiger partial charge is 0.479 e. The number of aliphatic carboxylic acids is 1. The number of ether oxygens (including phenoxy) is 2. The van der Waals surface area contributed by atoms with Crippen LogP contribution in [0.4, 0.5) is 4.79 Å². The summed E-state index contributed by atoms with van der Waals surface area (Å²) in [5, 5.41) is 14.8. The number of carboxylic acids is 1. The average molecular weight is 481 g/mol. The normalized spacial score (nSPS) is 19.5. The van der Waals surface area contributed by atoms with Gasteiger partial charge in [-0.2, -0.15) is 0 Å². The van der Waals surface area contributed by atoms with Gasteiger partial charge in [0.1, 0.15) is 6.61 Å². The molecule has 1 saturated heterocycles. The van der Waals surface area contributed by atoms with Crippen molar-refractivity contribution < 1.29 is 29.0 Å². The predicted octanol–water partition coefficient (Wildman–Crippen LogP) is 3.83. The second-order valence-electron chi connectivity index (χ2n) is 9.11. The van der Waals surface area contributed by atoms with Crippen LogP contribution in [0, 0.1) is 0 Å². The first kappa shape index (κ1) is 24.7. The van der Waals surface area contributed by atoms with Crippen LogP contribution in [0.25, 0.3) is 11.1 Å². The summed E-state index contributed by atoms with van der Waals surface area (Å²) in [4.78, 5) is 36.6. The van der Waals surface area contributed by atoms with Gasteiger partial charge in [-0.05, 0) is 35.1 Å². The van der Waals surface area contributed by atoms with E-state index in [2.05, 4.69) is 34.9 Å². The van der Waals surface area contributed by atoms with Crippen molar-refractivity contribution in [2.45, 2.75) is 63.1 Å². The number of fused-ring (bicyclic) bond motifs is 3. The van der Waals surface area contributed by atoms with Crippen LogP contribution in [0.3, 0.4) is 0 Å². The van der Waals surface area contributed by atoms with Gasteiger partial charge in [0.15, 0.2) is 6.10 Å². The molecule has 3 N–H and O–H groups in total. The van der Waals surface area contributed by atoms with Crippen molar-refractivity contribution in [2.75, 3.05) is 13.2 Å². The molecule has 0 radical (unpaired) electrons. The molecule has 0 unspecified atom stereocenters. The summed E-state index contributed by atoms with van der Waals surface area (Å²) < 4.78 is 10.8. The summed E-state index contributed by atoms with van der Waals surface area (Å²) in [5.74, 6) is -1.44. The average Bonchev–Trinajstić information content (AvgIpc) is 3.44. The summed E-state index contributed by atoms with van der Waals surface area (Å²) in [6.07, 6.45) is 1.28. The van der Waals surface area contributed by atoms with E-state index in [-0.39, 0.29) is 24.9 Å². The number of carbonyl (C=O) groups is 3. The molecular weight excluding hydrogens is 448 g/mol. The third-order valence-corrected chi connectivity index (χ3v) is 6.69. The van der Waals surface area contributed by atoms with Crippen LogP contribution in [0.1, 0.15) is 56.1 Å². The van der Waals surface area contributed by atoms with Gasteiger partial charge in [0.25, 0.3) is 0 Å². The first-order valence-corrected chi connectivity index (χ1v) is 12.2. The second-order valence-corrected chi connectivity index (χ2v) is 9.11. The minimum absolute atomic E-state index is 0.0409. The number of hydrogen-bond donors (Lipinski definition) is 3. The molecule has 4 rings (SSSR count). The van der Waals surface area contributed by atoms with E-state index in [1.54, 1.807) is 0 Å². The molecule has 1 fully saturated rings. The van der Waals surface area contributed by atoms with Gasteiger partial charge in [-0.3, -0.25) is 4.79 Å². The molecular formula is C27H32N2O6. The number of nitrogens with one attached hydrogen (secondary N) is 2. The van der Waals surface area contributed by atoms with Gasteiger partial charge in [0.2, 0.25) is 5.91 Å². The molecule has 8 heteroatoms. The number of hydrogen-bond acceptors (Lipinski definition) is 5. The van der Waals surface area contributed by atoms with Crippen LogP contribution in [0.5, 0.6) is 0 Å². The molecule has 0 bridgehead atoms. The first-order chi connectivity index (χ1) is 17.0. The lowest BCUT2D eigenvalue weighted by molar-refractivity contribution is -0.148. The van der Waals surface area contributed by atoms with Gasteiger partial charge in [-0.1, -0.05) is 68.3 Å². The van der Waals surface area contributed by atoms with Crippen molar-refractivity contribution in [3.63, 3.8) is 0 Å². The van der Waals surface area contributed by atoms with Gasteiger partial charge in [-0.25, -0.2) is 9.59 Å². The van der Waals surface area contributed by atoms with Crippen LogP contribution in [0.15, 0.2) is 48.5 Å². The molecule has 8 nitrogen and oxygen atoms in total. The highest BCUT2D eigenvalue weighted by atomic mass is 16.5. The Morgan fingerprint density at radius 2 is 1.74 bits per heavy atom. The van der Waals surface area contributed by atoms with Crippen LogP contribution in [-0.2, 0) is 19.1 Å². The lowest BCUT2D eigenvalue weighted by Crippen LogP contribution is -2.46. The molecule has 0 saturated carbocycles. The highest BCUT2D eigenvalue weighted by molar-refractivity contribution is 5.81. The summed E-state index contributed by atoms with van der Waals surface area (Å²) in [5.41, 5.74) is 4.58. The van der Waals surface area contributed by atoms with Crippen molar-refractivity contribution in [3.05, 3.63) is 59.7 Å². The zero-order valence-corrected chi connectivity index (χ0v) is 19.9. The lowest BCUT2D eigenvalue weighted by Gasteiger charge is -2.21. The third-order valence-electron chi connectivity index (χ3n) is 6.69. The molecule has 0 spiro atoms. The van der Waals surface area contributed by atoms with Gasteiger partial charge in [0.05, 0.1) is 6.04 Å². The Morgan fingerprint density at radius 1 is 1.09 bits per heavy atom. The Balaban J connectivity index is 1.34. The van der Waals surface area contributed by atoms with E-state index >= 15 is 0 Å². The SMILES string of the molecule is CCCC[C@@H](CC(=O)N[C@@H]1CCO[C@@H]1C(=O)O)NC(=O)OCC1c2ccccc2-c2ccccc21. The van der Waals surface area contributed by atoms with Crippen molar-refractivity contribution in [2.24, 2.45) is 0 Å². The smallest absolute Gasteiger partial charge is 0.407 e. The Labute approximate surface area is 205 Å². The van der Waals surface area contributed by atoms with E-state index in [0.29, 0.717) is 19.4 Å². The van der Waals surface area contributed by atoms with Crippen LogP contribution in [-0.4, -0.2) is 54.5 Å². The van der Waals surface area contributed by atoms with Gasteiger partial charge < -0.3 is 25.2 Å². The van der Waals surface area contributed by atoms with E-state index in [1.165, 1.54) is 0 Å². The topological polar surface area (TPSA) is 114 Å². The number of carboxylic acid groups (broad SMARTS) is 1. The van der Waals surface area contributed by atoms with Gasteiger partial charge in [-0.15, -0.1) is 0 Å². The monoisotopic (exact) mass is 480 g/mol. The van der Waals surface area contributed by atoms with Crippen molar-refractivity contribution >= 4 is 18.0 Å². The number of benzene rings is 2. The minimum Gasteiger partial charge on any atom is -0.479 e. The van der Waals surface area contributed by atoms with Crippen molar-refractivity contribution in [3.8, 4) is 11.1 Å².